The topological polar surface area (TPSA) is 117 Å². The fourth-order valence-electron chi connectivity index (χ4n) is 3.93. The number of hydrazone groups is 1. The van der Waals surface area contributed by atoms with Crippen LogP contribution in [0.5, 0.6) is 5.75 Å². The van der Waals surface area contributed by atoms with Gasteiger partial charge in [0.2, 0.25) is 0 Å². The highest BCUT2D eigenvalue weighted by molar-refractivity contribution is 7.92. The lowest BCUT2D eigenvalue weighted by Crippen LogP contribution is -2.40. The molecule has 0 atom stereocenters. The maximum absolute atomic E-state index is 13.5. The van der Waals surface area contributed by atoms with E-state index in [0.717, 1.165) is 15.4 Å². The minimum Gasteiger partial charge on any atom is -0.484 e. The van der Waals surface area contributed by atoms with E-state index in [9.17, 15) is 18.0 Å². The highest BCUT2D eigenvalue weighted by Gasteiger charge is 2.28. The van der Waals surface area contributed by atoms with E-state index in [1.165, 1.54) is 18.3 Å². The lowest BCUT2D eigenvalue weighted by Gasteiger charge is -2.26. The molecule has 9 nitrogen and oxygen atoms in total. The molecule has 4 rings (SSSR count). The molecule has 11 heteroatoms. The van der Waals surface area contributed by atoms with Crippen molar-refractivity contribution >= 4 is 51.0 Å². The molecule has 0 fully saturated rings. The molecule has 0 unspecified atom stereocenters. The molecule has 0 aromatic heterocycles. The molecule has 0 radical (unpaired) electrons. The third kappa shape index (κ3) is 7.96. The normalized spacial score (nSPS) is 11.2. The van der Waals surface area contributed by atoms with Gasteiger partial charge in [-0.1, -0.05) is 48.0 Å². The first kappa shape index (κ1) is 30.3. The van der Waals surface area contributed by atoms with Gasteiger partial charge in [0, 0.05) is 10.7 Å². The van der Waals surface area contributed by atoms with Crippen LogP contribution in [0, 0.1) is 13.8 Å². The highest BCUT2D eigenvalue weighted by atomic mass is 35.5. The quantitative estimate of drug-likeness (QED) is 0.177. The van der Waals surface area contributed by atoms with E-state index in [1.807, 2.05) is 19.9 Å². The fourth-order valence-corrected chi connectivity index (χ4v) is 5.62. The summed E-state index contributed by atoms with van der Waals surface area (Å²) in [4.78, 5) is 25.1. The number of ether oxygens (including phenoxy) is 1. The van der Waals surface area contributed by atoms with Crippen LogP contribution < -0.4 is 19.8 Å². The van der Waals surface area contributed by atoms with Gasteiger partial charge < -0.3 is 10.1 Å². The van der Waals surface area contributed by atoms with Gasteiger partial charge in [0.05, 0.1) is 16.8 Å². The van der Waals surface area contributed by atoms with Crippen molar-refractivity contribution in [1.82, 2.24) is 5.43 Å². The molecule has 42 heavy (non-hydrogen) atoms. The van der Waals surface area contributed by atoms with Gasteiger partial charge in [0.25, 0.3) is 21.8 Å². The molecular weight excluding hydrogens is 576 g/mol. The number of amides is 2. The van der Waals surface area contributed by atoms with E-state index in [4.69, 9.17) is 16.3 Å². The van der Waals surface area contributed by atoms with Crippen molar-refractivity contribution in [2.24, 2.45) is 5.10 Å². The molecule has 0 heterocycles. The van der Waals surface area contributed by atoms with Crippen LogP contribution in [0.2, 0.25) is 5.02 Å². The predicted octanol–water partition coefficient (Wildman–Crippen LogP) is 5.32. The van der Waals surface area contributed by atoms with E-state index in [0.29, 0.717) is 27.7 Å². The molecule has 216 valence electrons. The number of nitrogens with one attached hydrogen (secondary N) is 2. The van der Waals surface area contributed by atoms with Gasteiger partial charge in [0.15, 0.2) is 6.61 Å². The second-order valence-electron chi connectivity index (χ2n) is 9.25. The first-order valence-electron chi connectivity index (χ1n) is 12.9. The van der Waals surface area contributed by atoms with Crippen molar-refractivity contribution in [2.75, 3.05) is 22.8 Å². The Kier molecular flexibility index (Phi) is 9.95. The number of sulfonamides is 1. The van der Waals surface area contributed by atoms with Crippen molar-refractivity contribution in [3.63, 3.8) is 0 Å². The van der Waals surface area contributed by atoms with E-state index < -0.39 is 22.5 Å². The summed E-state index contributed by atoms with van der Waals surface area (Å²) >= 11 is 5.93. The number of aryl methyl sites for hydroxylation is 1. The Bertz CT molecular complexity index is 1690. The molecule has 2 N–H and O–H groups in total. The van der Waals surface area contributed by atoms with Crippen LogP contribution in [0.3, 0.4) is 0 Å². The van der Waals surface area contributed by atoms with Gasteiger partial charge in [-0.3, -0.25) is 13.9 Å². The Balaban J connectivity index is 1.36. The molecule has 4 aromatic rings. The van der Waals surface area contributed by atoms with Crippen molar-refractivity contribution < 1.29 is 22.7 Å². The van der Waals surface area contributed by atoms with Gasteiger partial charge in [-0.2, -0.15) is 5.10 Å². The summed E-state index contributed by atoms with van der Waals surface area (Å²) in [6.07, 6.45) is 1.42. The molecule has 0 saturated carbocycles. The molecule has 0 bridgehead atoms. The number of rotatable bonds is 11. The summed E-state index contributed by atoms with van der Waals surface area (Å²) in [5, 5.41) is 7.19. The van der Waals surface area contributed by atoms with E-state index in [1.54, 1.807) is 78.9 Å². The van der Waals surface area contributed by atoms with E-state index >= 15 is 0 Å². The molecule has 0 saturated heterocycles. The average molecular weight is 605 g/mol. The summed E-state index contributed by atoms with van der Waals surface area (Å²) in [5.74, 6) is -0.486. The molecule has 0 aliphatic carbocycles. The molecule has 2 amide bonds. The first-order valence-corrected chi connectivity index (χ1v) is 14.7. The van der Waals surface area contributed by atoms with Crippen LogP contribution in [0.15, 0.2) is 107 Å². The zero-order valence-corrected chi connectivity index (χ0v) is 24.5. The van der Waals surface area contributed by atoms with E-state index in [-0.39, 0.29) is 17.4 Å². The number of nitrogens with zero attached hydrogens (tertiary/aromatic N) is 2. The largest absolute Gasteiger partial charge is 0.484 e. The summed E-state index contributed by atoms with van der Waals surface area (Å²) in [6.45, 7) is 3.03. The summed E-state index contributed by atoms with van der Waals surface area (Å²) < 4.78 is 33.7. The Morgan fingerprint density at radius 2 is 1.62 bits per heavy atom. The molecule has 0 aliphatic rings. The van der Waals surface area contributed by atoms with Crippen molar-refractivity contribution in [3.05, 3.63) is 119 Å². The summed E-state index contributed by atoms with van der Waals surface area (Å²) in [5.41, 5.74) is 5.67. The monoisotopic (exact) mass is 604 g/mol. The van der Waals surface area contributed by atoms with Crippen LogP contribution in [-0.2, 0) is 19.6 Å². The maximum atomic E-state index is 13.5. The van der Waals surface area contributed by atoms with Gasteiger partial charge in [0.1, 0.15) is 12.3 Å². The zero-order chi connectivity index (χ0) is 30.1. The SMILES string of the molecule is Cc1cccc(N(CC(=O)N/N=C\c2ccc(OCC(=O)Nc3cccc(Cl)c3)cc2)S(=O)(=O)c2ccccc2)c1C. The molecule has 0 aliphatic heterocycles. The minimum absolute atomic E-state index is 0.0754. The number of halogens is 1. The van der Waals surface area contributed by atoms with Crippen molar-refractivity contribution in [1.29, 1.82) is 0 Å². The van der Waals surface area contributed by atoms with Crippen LogP contribution in [0.1, 0.15) is 16.7 Å². The first-order chi connectivity index (χ1) is 20.1. The van der Waals surface area contributed by atoms with Crippen molar-refractivity contribution in [3.8, 4) is 5.75 Å². The second-order valence-corrected chi connectivity index (χ2v) is 11.6. The third-order valence-corrected chi connectivity index (χ3v) is 8.23. The summed E-state index contributed by atoms with van der Waals surface area (Å²) in [7, 11) is -4.03. The van der Waals surface area contributed by atoms with Gasteiger partial charge >= 0.3 is 0 Å². The lowest BCUT2D eigenvalue weighted by atomic mass is 10.1. The predicted molar refractivity (Wildman–Crippen MR) is 165 cm³/mol. The van der Waals surface area contributed by atoms with Crippen molar-refractivity contribution in [2.45, 2.75) is 18.7 Å². The number of hydrogen-bond donors (Lipinski definition) is 2. The van der Waals surface area contributed by atoms with Crippen LogP contribution in [0.25, 0.3) is 0 Å². The number of carbonyl (C=O) groups excluding carboxylic acids is 2. The minimum atomic E-state index is -4.03. The second kappa shape index (κ2) is 13.8. The maximum Gasteiger partial charge on any atom is 0.264 e. The Morgan fingerprint density at radius 3 is 2.33 bits per heavy atom. The standard InChI is InChI=1S/C31H29ClN4O5S/c1-22-8-6-13-29(23(22)2)36(42(39,40)28-11-4-3-5-12-28)20-30(37)35-33-19-24-14-16-27(17-15-24)41-21-31(38)34-26-10-7-9-25(32)18-26/h3-19H,20-21H2,1-2H3,(H,34,38)(H,35,37)/b33-19-. The smallest absolute Gasteiger partial charge is 0.264 e. The Labute approximate surface area is 249 Å². The van der Waals surface area contributed by atoms with Gasteiger partial charge in [-0.05, 0) is 91.2 Å². The number of anilines is 2. The highest BCUT2D eigenvalue weighted by Crippen LogP contribution is 2.28. The van der Waals surface area contributed by atoms with E-state index in [2.05, 4.69) is 15.8 Å². The number of hydrogen-bond acceptors (Lipinski definition) is 6. The zero-order valence-electron chi connectivity index (χ0n) is 23.0. The Morgan fingerprint density at radius 1 is 0.905 bits per heavy atom. The molecule has 4 aromatic carbocycles. The van der Waals surface area contributed by atoms with Crippen LogP contribution >= 0.6 is 11.6 Å². The number of benzene rings is 4. The Hall–Kier alpha value is -4.67. The van der Waals surface area contributed by atoms with Gasteiger partial charge in [-0.25, -0.2) is 13.8 Å². The van der Waals surface area contributed by atoms with Crippen LogP contribution in [-0.4, -0.2) is 39.6 Å². The average Bonchev–Trinajstić information content (AvgIpc) is 2.97. The lowest BCUT2D eigenvalue weighted by molar-refractivity contribution is -0.119. The van der Waals surface area contributed by atoms with Gasteiger partial charge in [-0.15, -0.1) is 0 Å². The summed E-state index contributed by atoms with van der Waals surface area (Å²) in [6, 6.07) is 26.8. The number of carbonyl (C=O) groups is 2. The fraction of sp³-hybridized carbons (Fsp3) is 0.129. The third-order valence-electron chi connectivity index (χ3n) is 6.22. The van der Waals surface area contributed by atoms with Crippen LogP contribution in [0.4, 0.5) is 11.4 Å². The molecule has 0 spiro atoms. The molecular formula is C31H29ClN4O5S.